The minimum atomic E-state index is -0.277. The van der Waals surface area contributed by atoms with Crippen LogP contribution in [0.25, 0.3) is 38.8 Å². The average Bonchev–Trinajstić information content (AvgIpc) is 3.68. The van der Waals surface area contributed by atoms with Crippen molar-refractivity contribution in [2.75, 3.05) is 6.61 Å². The molecule has 298 valence electrons. The van der Waals surface area contributed by atoms with Crippen LogP contribution in [0.15, 0.2) is 65.8 Å². The Kier molecular flexibility index (Phi) is 10.7. The number of aromatic nitrogens is 2. The van der Waals surface area contributed by atoms with Gasteiger partial charge in [0.15, 0.2) is 0 Å². The molecule has 57 heavy (non-hydrogen) atoms. The fourth-order valence-corrected chi connectivity index (χ4v) is 9.56. The van der Waals surface area contributed by atoms with Gasteiger partial charge < -0.3 is 14.0 Å². The van der Waals surface area contributed by atoms with Gasteiger partial charge in [0.2, 0.25) is 0 Å². The van der Waals surface area contributed by atoms with Crippen LogP contribution in [-0.2, 0) is 36.6 Å². The molecule has 0 aliphatic carbocycles. The van der Waals surface area contributed by atoms with Crippen LogP contribution in [0.1, 0.15) is 126 Å². The van der Waals surface area contributed by atoms with E-state index < -0.39 is 0 Å². The van der Waals surface area contributed by atoms with Crippen LogP contribution in [0.2, 0.25) is 0 Å². The third-order valence-corrected chi connectivity index (χ3v) is 12.5. The number of aryl methyl sites for hydroxylation is 4. The van der Waals surface area contributed by atoms with Gasteiger partial charge in [-0.15, -0.1) is 23.1 Å². The number of benzene rings is 4. The number of aliphatic imine (C=N–C) groups is 1. The van der Waals surface area contributed by atoms with Crippen LogP contribution in [0.3, 0.4) is 0 Å². The van der Waals surface area contributed by atoms with Gasteiger partial charge in [0.1, 0.15) is 18.3 Å². The zero-order chi connectivity index (χ0) is 39.9. The summed E-state index contributed by atoms with van der Waals surface area (Å²) in [5, 5.41) is 2.38. The molecular weight excluding hydrogens is 882 g/mol. The number of rotatable bonds is 9. The van der Waals surface area contributed by atoms with E-state index in [2.05, 4.69) is 154 Å². The Bertz CT molecular complexity index is 2540. The fourth-order valence-electron chi connectivity index (χ4n) is 9.56. The van der Waals surface area contributed by atoms with E-state index in [4.69, 9.17) is 19.5 Å². The van der Waals surface area contributed by atoms with Crippen molar-refractivity contribution in [3.05, 3.63) is 117 Å². The summed E-state index contributed by atoms with van der Waals surface area (Å²) in [6.07, 6.45) is 6.43. The van der Waals surface area contributed by atoms with Gasteiger partial charge in [0.25, 0.3) is 0 Å². The molecule has 0 saturated carbocycles. The Morgan fingerprint density at radius 3 is 2.23 bits per heavy atom. The van der Waals surface area contributed by atoms with Gasteiger partial charge in [-0.2, -0.15) is 6.07 Å². The molecule has 0 amide bonds. The van der Waals surface area contributed by atoms with E-state index in [-0.39, 0.29) is 37.4 Å². The second-order valence-electron chi connectivity index (χ2n) is 18.4. The first kappa shape index (κ1) is 41.0. The van der Waals surface area contributed by atoms with E-state index in [9.17, 15) is 0 Å². The first-order valence-electron chi connectivity index (χ1n) is 20.6. The van der Waals surface area contributed by atoms with Crippen LogP contribution in [0, 0.1) is 45.7 Å². The van der Waals surface area contributed by atoms with E-state index >= 15 is 0 Å². The van der Waals surface area contributed by atoms with Crippen molar-refractivity contribution < 1.29 is 30.5 Å². The second-order valence-corrected chi connectivity index (χ2v) is 18.4. The van der Waals surface area contributed by atoms with Gasteiger partial charge in [0, 0.05) is 34.2 Å². The van der Waals surface area contributed by atoms with Crippen molar-refractivity contribution in [1.82, 2.24) is 9.55 Å². The minimum absolute atomic E-state index is 0. The fraction of sp³-hybridized carbons (Fsp3) is 0.412. The molecule has 0 saturated heterocycles. The van der Waals surface area contributed by atoms with Crippen LogP contribution >= 0.6 is 0 Å². The molecule has 0 radical (unpaired) electrons. The van der Waals surface area contributed by atoms with Gasteiger partial charge in [-0.1, -0.05) is 133 Å². The third kappa shape index (κ3) is 6.96. The zero-order valence-electron chi connectivity index (χ0n) is 35.9. The SMILES string of the molecule is CCCC(CCC)[C@]1(C)COC(c2[c-]c(Oc3[c-]c4c(cc3C)c3cc(C(C)(C)C)cc5c3n4-c3ncccc3C5(C)C)cc(-c3c(C)cc(C)cc3C)c2)=N1.[Pt+2]. The zero-order valence-corrected chi connectivity index (χ0v) is 38.1. The largest absolute Gasteiger partial charge is 2.00 e. The maximum Gasteiger partial charge on any atom is 2.00 e. The summed E-state index contributed by atoms with van der Waals surface area (Å²) in [4.78, 5) is 10.3. The molecule has 0 bridgehead atoms. The first-order valence-corrected chi connectivity index (χ1v) is 20.6. The van der Waals surface area contributed by atoms with E-state index in [1.165, 1.54) is 49.8 Å². The Balaban J connectivity index is 0.00000496. The molecule has 4 aromatic carbocycles. The minimum Gasteiger partial charge on any atom is -0.518 e. The topological polar surface area (TPSA) is 48.6 Å². The van der Waals surface area contributed by atoms with E-state index in [0.717, 1.165) is 59.1 Å². The summed E-state index contributed by atoms with van der Waals surface area (Å²) in [5.41, 5.74) is 13.2. The maximum atomic E-state index is 6.95. The van der Waals surface area contributed by atoms with Crippen molar-refractivity contribution in [1.29, 1.82) is 0 Å². The summed E-state index contributed by atoms with van der Waals surface area (Å²) in [6, 6.07) is 27.6. The van der Waals surface area contributed by atoms with Crippen LogP contribution < -0.4 is 4.74 Å². The Labute approximate surface area is 354 Å². The maximum absolute atomic E-state index is 6.95. The number of nitrogens with zero attached hydrogens (tertiary/aromatic N) is 3. The predicted molar refractivity (Wildman–Crippen MR) is 232 cm³/mol. The molecule has 4 heterocycles. The predicted octanol–water partition coefficient (Wildman–Crippen LogP) is 13.2. The van der Waals surface area contributed by atoms with Gasteiger partial charge in [-0.05, 0) is 91.1 Å². The van der Waals surface area contributed by atoms with Crippen molar-refractivity contribution in [2.24, 2.45) is 10.9 Å². The summed E-state index contributed by atoms with van der Waals surface area (Å²) in [5.74, 6) is 3.33. The normalized spacial score (nSPS) is 17.1. The number of hydrogen-bond acceptors (Lipinski definition) is 4. The molecule has 5 nitrogen and oxygen atoms in total. The summed E-state index contributed by atoms with van der Waals surface area (Å²) in [6.45, 7) is 27.6. The van der Waals surface area contributed by atoms with Crippen molar-refractivity contribution >= 4 is 27.7 Å². The van der Waals surface area contributed by atoms with Crippen LogP contribution in [-0.4, -0.2) is 27.6 Å². The molecule has 2 aliphatic heterocycles. The molecule has 6 heteroatoms. The van der Waals surface area contributed by atoms with E-state index in [1.54, 1.807) is 0 Å². The summed E-state index contributed by atoms with van der Waals surface area (Å²) in [7, 11) is 0. The monoisotopic (exact) mass is 938 g/mol. The number of fused-ring (bicyclic) bond motifs is 5. The Morgan fingerprint density at radius 1 is 0.860 bits per heavy atom. The number of ether oxygens (including phenoxy) is 2. The van der Waals surface area contributed by atoms with E-state index in [0.29, 0.717) is 29.9 Å². The quantitative estimate of drug-likeness (QED) is 0.136. The molecule has 8 rings (SSSR count). The van der Waals surface area contributed by atoms with Crippen LogP contribution in [0.5, 0.6) is 11.5 Å². The molecule has 6 aromatic rings. The van der Waals surface area contributed by atoms with Gasteiger partial charge in [0.05, 0.1) is 5.54 Å². The molecule has 2 aromatic heterocycles. The van der Waals surface area contributed by atoms with Gasteiger partial charge in [-0.3, -0.25) is 4.99 Å². The number of pyridine rings is 1. The second kappa shape index (κ2) is 14.9. The molecule has 1 atom stereocenters. The van der Waals surface area contributed by atoms with Crippen LogP contribution in [0.4, 0.5) is 0 Å². The molecular formula is C51H57N3O2Pt. The van der Waals surface area contributed by atoms with Gasteiger partial charge in [-0.25, -0.2) is 4.98 Å². The van der Waals surface area contributed by atoms with Crippen molar-refractivity contribution in [3.63, 3.8) is 0 Å². The molecule has 0 fully saturated rings. The molecule has 0 spiro atoms. The van der Waals surface area contributed by atoms with Crippen molar-refractivity contribution in [2.45, 2.75) is 125 Å². The number of hydrogen-bond donors (Lipinski definition) is 0. The Morgan fingerprint density at radius 2 is 1.56 bits per heavy atom. The van der Waals surface area contributed by atoms with E-state index in [1.807, 2.05) is 6.20 Å². The molecule has 0 N–H and O–H groups in total. The Hall–Kier alpha value is -4.21. The van der Waals surface area contributed by atoms with Crippen molar-refractivity contribution in [3.8, 4) is 28.4 Å². The standard InChI is InChI=1S/C51H57N3O2.Pt/c1-13-16-36(17-14-2)51(12)29-55-48(53-51)35-23-34(45-32(5)20-30(3)21-33(45)6)24-38(25-35)56-44-28-43-39(22-31(44)4)40-26-37(49(7,8)9)27-42-46(40)54(43)47-41(50(42,10)11)18-15-19-52-47;/h15,18-24,26-27,36H,13-14,16-17,29H2,1-12H3;/q-2;+2/t51-;/m0./s1. The molecule has 0 unspecified atom stereocenters. The smallest absolute Gasteiger partial charge is 0.518 e. The average molecular weight is 939 g/mol. The summed E-state index contributed by atoms with van der Waals surface area (Å²) >= 11 is 0. The summed E-state index contributed by atoms with van der Waals surface area (Å²) < 4.78 is 15.8. The third-order valence-electron chi connectivity index (χ3n) is 12.5. The molecule has 2 aliphatic rings. The van der Waals surface area contributed by atoms with Gasteiger partial charge >= 0.3 is 21.1 Å². The first-order chi connectivity index (χ1) is 26.5.